The van der Waals surface area contributed by atoms with Gasteiger partial charge in [0.2, 0.25) is 0 Å². The molecular weight excluding hydrogens is 490 g/mol. The molecule has 2 aromatic carbocycles. The predicted octanol–water partition coefficient (Wildman–Crippen LogP) is 3.63. The fraction of sp³-hybridized carbons (Fsp3) is 0.273. The van der Waals surface area contributed by atoms with Crippen LogP contribution in [0.2, 0.25) is 0 Å². The van der Waals surface area contributed by atoms with Crippen LogP contribution in [0.1, 0.15) is 11.3 Å². The third kappa shape index (κ3) is 6.06. The molecule has 1 heterocycles. The number of hydrogen-bond acceptors (Lipinski definition) is 6. The summed E-state index contributed by atoms with van der Waals surface area (Å²) in [5, 5.41) is 9.29. The Morgan fingerprint density at radius 1 is 1.06 bits per heavy atom. The van der Waals surface area contributed by atoms with E-state index >= 15 is 0 Å². The second-order valence-corrected chi connectivity index (χ2v) is 11.2. The smallest absolute Gasteiger partial charge is 0.294 e. The van der Waals surface area contributed by atoms with Crippen LogP contribution >= 0.6 is 0 Å². The molecule has 0 aliphatic heterocycles. The van der Waals surface area contributed by atoms with Crippen LogP contribution in [0.25, 0.3) is 16.9 Å². The molecule has 0 saturated heterocycles. The molecule has 182 valence electrons. The molecular formula is C22H22F2N2O6S2. The number of halogens is 2. The number of benzene rings is 2. The summed E-state index contributed by atoms with van der Waals surface area (Å²) in [5.74, 6) is -1.78. The van der Waals surface area contributed by atoms with Crippen LogP contribution < -0.4 is 0 Å². The summed E-state index contributed by atoms with van der Waals surface area (Å²) in [4.78, 5) is 14.6. The summed E-state index contributed by atoms with van der Waals surface area (Å²) >= 11 is 0. The third-order valence-electron chi connectivity index (χ3n) is 5.20. The first-order valence-corrected chi connectivity index (χ1v) is 13.4. The maximum Gasteiger partial charge on any atom is 0.294 e. The summed E-state index contributed by atoms with van der Waals surface area (Å²) in [6.45, 7) is 1.51. The lowest BCUT2D eigenvalue weighted by Gasteiger charge is -2.13. The van der Waals surface area contributed by atoms with Gasteiger partial charge in [-0.15, -0.1) is 10.1 Å². The number of sulfone groups is 1. The van der Waals surface area contributed by atoms with Crippen molar-refractivity contribution in [3.05, 3.63) is 81.5 Å². The van der Waals surface area contributed by atoms with Crippen LogP contribution in [0.4, 0.5) is 8.78 Å². The van der Waals surface area contributed by atoms with Crippen LogP contribution in [0.15, 0.2) is 53.4 Å². The fourth-order valence-electron chi connectivity index (χ4n) is 3.48. The summed E-state index contributed by atoms with van der Waals surface area (Å²) in [7, 11) is -4.76. The molecule has 3 aromatic rings. The summed E-state index contributed by atoms with van der Waals surface area (Å²) < 4.78 is 65.1. The molecule has 0 amide bonds. The summed E-state index contributed by atoms with van der Waals surface area (Å²) in [6.07, 6.45) is 1.47. The molecule has 1 aromatic heterocycles. The van der Waals surface area contributed by atoms with Gasteiger partial charge in [0, 0.05) is 46.0 Å². The van der Waals surface area contributed by atoms with Crippen molar-refractivity contribution in [3.63, 3.8) is 0 Å². The highest BCUT2D eigenvalue weighted by Gasteiger charge is 2.18. The minimum Gasteiger partial charge on any atom is -0.314 e. The molecule has 3 rings (SSSR count). The Hall–Kier alpha value is -3.12. The summed E-state index contributed by atoms with van der Waals surface area (Å²) in [5.41, 5.74) is 3.11. The Kier molecular flexibility index (Phi) is 7.82. The van der Waals surface area contributed by atoms with Crippen molar-refractivity contribution in [1.82, 2.24) is 4.57 Å². The molecule has 12 heteroatoms. The van der Waals surface area contributed by atoms with E-state index in [1.54, 1.807) is 23.6 Å². The Labute approximate surface area is 197 Å². The van der Waals surface area contributed by atoms with Crippen LogP contribution in [0.5, 0.6) is 0 Å². The highest BCUT2D eigenvalue weighted by molar-refractivity contribution is 7.90. The molecule has 0 spiro atoms. The van der Waals surface area contributed by atoms with Crippen molar-refractivity contribution < 1.29 is 31.3 Å². The van der Waals surface area contributed by atoms with Crippen LogP contribution in [-0.2, 0) is 31.9 Å². The SMILES string of the molecule is Cc1c(CCS(=O)CCO[N+](=O)[O-])cc(-c2ccc(S(C)(=O)=O)cc2)n1-c1ccc(F)c(F)c1. The zero-order valence-electron chi connectivity index (χ0n) is 18.4. The maximum atomic E-state index is 14.0. The van der Waals surface area contributed by atoms with E-state index in [0.717, 1.165) is 24.0 Å². The first kappa shape index (κ1) is 25.5. The fourth-order valence-corrected chi connectivity index (χ4v) is 5.03. The minimum atomic E-state index is -3.39. The first-order valence-electron chi connectivity index (χ1n) is 10.1. The van der Waals surface area contributed by atoms with Gasteiger partial charge in [-0.3, -0.25) is 4.21 Å². The average Bonchev–Trinajstić information content (AvgIpc) is 3.09. The molecule has 1 atom stereocenters. The second-order valence-electron chi connectivity index (χ2n) is 7.53. The van der Waals surface area contributed by atoms with Crippen molar-refractivity contribution in [2.24, 2.45) is 0 Å². The van der Waals surface area contributed by atoms with Gasteiger partial charge in [0.05, 0.1) is 10.6 Å². The number of rotatable bonds is 10. The van der Waals surface area contributed by atoms with Crippen LogP contribution in [0.3, 0.4) is 0 Å². The topological polar surface area (TPSA) is 109 Å². The quantitative estimate of drug-likeness (QED) is 0.303. The van der Waals surface area contributed by atoms with E-state index in [-0.39, 0.29) is 23.0 Å². The Morgan fingerprint density at radius 2 is 1.74 bits per heavy atom. The molecule has 0 fully saturated rings. The molecule has 1 unspecified atom stereocenters. The molecule has 0 aliphatic rings. The Bertz CT molecular complexity index is 1340. The molecule has 0 N–H and O–H groups in total. The molecule has 0 bridgehead atoms. The predicted molar refractivity (Wildman–Crippen MR) is 123 cm³/mol. The van der Waals surface area contributed by atoms with Gasteiger partial charge in [0.25, 0.3) is 5.09 Å². The van der Waals surface area contributed by atoms with Gasteiger partial charge in [0.15, 0.2) is 21.5 Å². The number of aryl methyl sites for hydroxylation is 1. The lowest BCUT2D eigenvalue weighted by atomic mass is 10.1. The largest absolute Gasteiger partial charge is 0.314 e. The van der Waals surface area contributed by atoms with Crippen LogP contribution in [-0.4, -0.2) is 46.6 Å². The lowest BCUT2D eigenvalue weighted by Crippen LogP contribution is -2.13. The third-order valence-corrected chi connectivity index (χ3v) is 7.61. The number of nitrogens with zero attached hydrogens (tertiary/aromatic N) is 2. The maximum absolute atomic E-state index is 14.0. The van der Waals surface area contributed by atoms with E-state index in [2.05, 4.69) is 4.84 Å². The Morgan fingerprint density at radius 3 is 2.32 bits per heavy atom. The van der Waals surface area contributed by atoms with Gasteiger partial charge in [-0.05, 0) is 54.8 Å². The zero-order chi connectivity index (χ0) is 25.0. The van der Waals surface area contributed by atoms with E-state index in [4.69, 9.17) is 0 Å². The molecule has 0 aliphatic carbocycles. The zero-order valence-corrected chi connectivity index (χ0v) is 20.0. The van der Waals surface area contributed by atoms with Gasteiger partial charge in [-0.25, -0.2) is 17.2 Å². The van der Waals surface area contributed by atoms with Gasteiger partial charge in [0.1, 0.15) is 6.61 Å². The molecule has 0 radical (unpaired) electrons. The second kappa shape index (κ2) is 10.4. The van der Waals surface area contributed by atoms with Crippen molar-refractivity contribution in [1.29, 1.82) is 0 Å². The van der Waals surface area contributed by atoms with Gasteiger partial charge < -0.3 is 9.40 Å². The van der Waals surface area contributed by atoms with E-state index < -0.39 is 37.4 Å². The van der Waals surface area contributed by atoms with E-state index in [1.165, 1.54) is 18.2 Å². The van der Waals surface area contributed by atoms with E-state index in [0.29, 0.717) is 29.1 Å². The monoisotopic (exact) mass is 512 g/mol. The summed E-state index contributed by atoms with van der Waals surface area (Å²) in [6, 6.07) is 11.5. The standard InChI is InChI=1S/C22H22F2N2O6S2/c1-15-17(9-11-33(29)12-10-32-26(27)28)13-22(16-3-6-19(7-4-16)34(2,30)31)25(15)18-5-8-20(23)21(24)14-18/h3-8,13-14H,9-12H2,1-2H3. The van der Waals surface area contributed by atoms with Crippen molar-refractivity contribution in [2.45, 2.75) is 18.2 Å². The first-order chi connectivity index (χ1) is 16.0. The van der Waals surface area contributed by atoms with Crippen molar-refractivity contribution in [3.8, 4) is 16.9 Å². The highest BCUT2D eigenvalue weighted by Crippen LogP contribution is 2.31. The van der Waals surface area contributed by atoms with E-state index in [9.17, 15) is 31.5 Å². The highest BCUT2D eigenvalue weighted by atomic mass is 32.2. The van der Waals surface area contributed by atoms with Crippen molar-refractivity contribution in [2.75, 3.05) is 24.4 Å². The average molecular weight is 513 g/mol. The van der Waals surface area contributed by atoms with Crippen LogP contribution in [0, 0.1) is 28.7 Å². The van der Waals surface area contributed by atoms with Gasteiger partial charge in [-0.2, -0.15) is 0 Å². The molecule has 0 saturated carbocycles. The van der Waals surface area contributed by atoms with E-state index in [1.807, 2.05) is 6.07 Å². The minimum absolute atomic E-state index is 0.00369. The van der Waals surface area contributed by atoms with Crippen molar-refractivity contribution >= 4 is 20.6 Å². The molecule has 8 nitrogen and oxygen atoms in total. The lowest BCUT2D eigenvalue weighted by molar-refractivity contribution is -0.756. The number of aromatic nitrogens is 1. The molecule has 34 heavy (non-hydrogen) atoms. The van der Waals surface area contributed by atoms with Gasteiger partial charge in [-0.1, -0.05) is 12.1 Å². The Balaban J connectivity index is 1.97. The number of hydrogen-bond donors (Lipinski definition) is 0. The van der Waals surface area contributed by atoms with Gasteiger partial charge >= 0.3 is 0 Å². The normalized spacial score (nSPS) is 12.5.